The molecule has 3 heterocycles. The van der Waals surface area contributed by atoms with Gasteiger partial charge in [0.05, 0.1) is 13.1 Å². The van der Waals surface area contributed by atoms with Gasteiger partial charge in [0.15, 0.2) is 5.76 Å². The summed E-state index contributed by atoms with van der Waals surface area (Å²) in [4.78, 5) is 42.9. The quantitative estimate of drug-likeness (QED) is 0.595. The van der Waals surface area contributed by atoms with Crippen molar-refractivity contribution in [3.63, 3.8) is 0 Å². The summed E-state index contributed by atoms with van der Waals surface area (Å²) in [5.41, 5.74) is 1.06. The van der Waals surface area contributed by atoms with Crippen LogP contribution in [0.5, 0.6) is 0 Å². The number of carbonyl (C=O) groups is 3. The average molecular weight is 469 g/mol. The molecule has 184 valence electrons. The van der Waals surface area contributed by atoms with E-state index in [9.17, 15) is 14.4 Å². The first-order valence-electron chi connectivity index (χ1n) is 12.5. The van der Waals surface area contributed by atoms with Crippen molar-refractivity contribution in [1.29, 1.82) is 0 Å². The zero-order valence-electron chi connectivity index (χ0n) is 20.4. The fourth-order valence-corrected chi connectivity index (χ4v) is 5.04. The Hall–Kier alpha value is -3.03. The highest BCUT2D eigenvalue weighted by Gasteiger charge is 2.28. The number of hydrogen-bond donors (Lipinski definition) is 0. The van der Waals surface area contributed by atoms with Crippen LogP contribution in [0.4, 0.5) is 0 Å². The molecule has 0 atom stereocenters. The van der Waals surface area contributed by atoms with Crippen molar-refractivity contribution < 1.29 is 18.8 Å². The van der Waals surface area contributed by atoms with E-state index >= 15 is 0 Å². The Kier molecular flexibility index (Phi) is 7.75. The third-order valence-corrected chi connectivity index (χ3v) is 7.00. The molecule has 0 spiro atoms. The van der Waals surface area contributed by atoms with Crippen LogP contribution in [0.2, 0.25) is 0 Å². The lowest BCUT2D eigenvalue weighted by Crippen LogP contribution is -2.50. The molecule has 1 saturated carbocycles. The Morgan fingerprint density at radius 2 is 1.74 bits per heavy atom. The summed E-state index contributed by atoms with van der Waals surface area (Å²) >= 11 is 0. The predicted octanol–water partition coefficient (Wildman–Crippen LogP) is 3.36. The standard InChI is InChI=1S/C26H36N4O4/c1-3-12-30(25(32)21-7-4-5-8-21)18-22-9-6-13-29(22)19-23-10-11-24(34-23)26(33)28-16-14-27(15-17-28)20(2)31/h6,9-11,13,21H,3-5,7-8,12,14-19H2,1-2H3. The SMILES string of the molecule is CCCN(Cc1cccn1Cc1ccc(C(=O)N2CCN(C(C)=O)CC2)o1)C(=O)C1CCCC1. The summed E-state index contributed by atoms with van der Waals surface area (Å²) < 4.78 is 8.00. The molecule has 1 aliphatic carbocycles. The third-order valence-electron chi connectivity index (χ3n) is 7.00. The highest BCUT2D eigenvalue weighted by molar-refractivity contribution is 5.91. The molecule has 0 N–H and O–H groups in total. The first-order chi connectivity index (χ1) is 16.5. The van der Waals surface area contributed by atoms with Crippen LogP contribution in [0.1, 0.15) is 68.0 Å². The van der Waals surface area contributed by atoms with Crippen LogP contribution < -0.4 is 0 Å². The topological polar surface area (TPSA) is 79.0 Å². The predicted molar refractivity (Wildman–Crippen MR) is 128 cm³/mol. The summed E-state index contributed by atoms with van der Waals surface area (Å²) in [5, 5.41) is 0. The van der Waals surface area contributed by atoms with Crippen LogP contribution >= 0.6 is 0 Å². The normalized spacial score (nSPS) is 16.8. The average Bonchev–Trinajstić information content (AvgIpc) is 3.61. The van der Waals surface area contributed by atoms with Crippen molar-refractivity contribution in [3.8, 4) is 0 Å². The van der Waals surface area contributed by atoms with Crippen molar-refractivity contribution in [3.05, 3.63) is 47.7 Å². The van der Waals surface area contributed by atoms with Gasteiger partial charge < -0.3 is 23.7 Å². The number of amides is 3. The van der Waals surface area contributed by atoms with E-state index in [-0.39, 0.29) is 23.6 Å². The second-order valence-electron chi connectivity index (χ2n) is 9.43. The lowest BCUT2D eigenvalue weighted by Gasteiger charge is -2.33. The van der Waals surface area contributed by atoms with E-state index in [1.54, 1.807) is 22.8 Å². The van der Waals surface area contributed by atoms with Gasteiger partial charge in [-0.2, -0.15) is 0 Å². The Morgan fingerprint density at radius 1 is 1.03 bits per heavy atom. The fourth-order valence-electron chi connectivity index (χ4n) is 5.04. The molecule has 2 aromatic heterocycles. The van der Waals surface area contributed by atoms with Gasteiger partial charge in [-0.05, 0) is 43.5 Å². The summed E-state index contributed by atoms with van der Waals surface area (Å²) in [6.45, 7) is 7.64. The number of hydrogen-bond acceptors (Lipinski definition) is 4. The molecule has 4 rings (SSSR count). The van der Waals surface area contributed by atoms with Gasteiger partial charge in [0.25, 0.3) is 5.91 Å². The number of carbonyl (C=O) groups excluding carboxylic acids is 3. The summed E-state index contributed by atoms with van der Waals surface area (Å²) in [7, 11) is 0. The molecule has 2 aliphatic rings. The summed E-state index contributed by atoms with van der Waals surface area (Å²) in [6.07, 6.45) is 7.24. The summed E-state index contributed by atoms with van der Waals surface area (Å²) in [6, 6.07) is 7.61. The minimum absolute atomic E-state index is 0.0392. The fraction of sp³-hybridized carbons (Fsp3) is 0.577. The maximum absolute atomic E-state index is 13.1. The lowest BCUT2D eigenvalue weighted by molar-refractivity contribution is -0.136. The molecule has 8 heteroatoms. The Balaban J connectivity index is 1.38. The lowest BCUT2D eigenvalue weighted by atomic mass is 10.1. The van der Waals surface area contributed by atoms with E-state index in [2.05, 4.69) is 11.5 Å². The third kappa shape index (κ3) is 5.54. The molecule has 3 amide bonds. The number of piperazine rings is 1. The molecule has 0 radical (unpaired) electrons. The molecule has 0 bridgehead atoms. The van der Waals surface area contributed by atoms with Gasteiger partial charge in [-0.15, -0.1) is 0 Å². The van der Waals surface area contributed by atoms with Crippen LogP contribution in [-0.4, -0.2) is 69.7 Å². The zero-order valence-corrected chi connectivity index (χ0v) is 20.4. The molecule has 2 aromatic rings. The van der Waals surface area contributed by atoms with Crippen molar-refractivity contribution >= 4 is 17.7 Å². The Labute approximate surface area is 201 Å². The number of rotatable bonds is 8. The molecule has 0 aromatic carbocycles. The Bertz CT molecular complexity index is 996. The molecule has 0 unspecified atom stereocenters. The number of furan rings is 1. The van der Waals surface area contributed by atoms with Crippen molar-refractivity contribution in [2.45, 2.75) is 59.0 Å². The van der Waals surface area contributed by atoms with Crippen molar-refractivity contribution in [2.75, 3.05) is 32.7 Å². The number of nitrogens with zero attached hydrogens (tertiary/aromatic N) is 4. The van der Waals surface area contributed by atoms with Crippen LogP contribution in [-0.2, 0) is 22.7 Å². The smallest absolute Gasteiger partial charge is 0.289 e. The second-order valence-corrected chi connectivity index (χ2v) is 9.43. The molecule has 8 nitrogen and oxygen atoms in total. The van der Waals surface area contributed by atoms with Gasteiger partial charge in [0.2, 0.25) is 11.8 Å². The largest absolute Gasteiger partial charge is 0.454 e. The van der Waals surface area contributed by atoms with Gasteiger partial charge in [0.1, 0.15) is 5.76 Å². The minimum Gasteiger partial charge on any atom is -0.454 e. The number of aromatic nitrogens is 1. The van der Waals surface area contributed by atoms with Gasteiger partial charge in [-0.1, -0.05) is 19.8 Å². The van der Waals surface area contributed by atoms with Crippen molar-refractivity contribution in [1.82, 2.24) is 19.3 Å². The van der Waals surface area contributed by atoms with Gasteiger partial charge >= 0.3 is 0 Å². The van der Waals surface area contributed by atoms with Gasteiger partial charge in [-0.25, -0.2) is 0 Å². The van der Waals surface area contributed by atoms with Gasteiger partial charge in [0, 0.05) is 57.5 Å². The van der Waals surface area contributed by atoms with E-state index in [0.29, 0.717) is 50.8 Å². The molecule has 34 heavy (non-hydrogen) atoms. The van der Waals surface area contributed by atoms with E-state index in [4.69, 9.17) is 4.42 Å². The maximum atomic E-state index is 13.1. The maximum Gasteiger partial charge on any atom is 0.289 e. The first kappa shape index (κ1) is 24.1. The van der Waals surface area contributed by atoms with E-state index in [1.807, 2.05) is 29.3 Å². The van der Waals surface area contributed by atoms with Gasteiger partial charge in [-0.3, -0.25) is 14.4 Å². The second kappa shape index (κ2) is 10.9. The van der Waals surface area contributed by atoms with Crippen LogP contribution in [0.3, 0.4) is 0 Å². The van der Waals surface area contributed by atoms with Crippen molar-refractivity contribution in [2.24, 2.45) is 5.92 Å². The van der Waals surface area contributed by atoms with E-state index in [1.165, 1.54) is 0 Å². The zero-order chi connectivity index (χ0) is 24.1. The highest BCUT2D eigenvalue weighted by Crippen LogP contribution is 2.27. The molecule has 1 aliphatic heterocycles. The van der Waals surface area contributed by atoms with Crippen LogP contribution in [0, 0.1) is 5.92 Å². The molecule has 2 fully saturated rings. The monoisotopic (exact) mass is 468 g/mol. The first-order valence-corrected chi connectivity index (χ1v) is 12.5. The van der Waals surface area contributed by atoms with E-state index < -0.39 is 0 Å². The molecular weight excluding hydrogens is 432 g/mol. The Morgan fingerprint density at radius 3 is 2.41 bits per heavy atom. The summed E-state index contributed by atoms with van der Waals surface area (Å²) in [5.74, 6) is 1.38. The highest BCUT2D eigenvalue weighted by atomic mass is 16.4. The van der Waals surface area contributed by atoms with Crippen LogP contribution in [0.25, 0.3) is 0 Å². The van der Waals surface area contributed by atoms with E-state index in [0.717, 1.165) is 44.3 Å². The van der Waals surface area contributed by atoms with Crippen LogP contribution in [0.15, 0.2) is 34.9 Å². The minimum atomic E-state index is -0.140. The molecular formula is C26H36N4O4. The molecule has 1 saturated heterocycles.